The van der Waals surface area contributed by atoms with Crippen LogP contribution in [-0.2, 0) is 17.8 Å². The van der Waals surface area contributed by atoms with E-state index in [0.29, 0.717) is 30.2 Å². The van der Waals surface area contributed by atoms with Gasteiger partial charge in [-0.15, -0.1) is 11.3 Å². The molecular weight excluding hydrogens is 518 g/mol. The van der Waals surface area contributed by atoms with Crippen LogP contribution in [0.15, 0.2) is 34.1 Å². The van der Waals surface area contributed by atoms with E-state index >= 15 is 0 Å². The van der Waals surface area contributed by atoms with Crippen LogP contribution >= 0.6 is 27.3 Å². The number of methoxy groups -OCH3 is 1. The van der Waals surface area contributed by atoms with Crippen molar-refractivity contribution < 1.29 is 14.3 Å². The van der Waals surface area contributed by atoms with Gasteiger partial charge in [0.2, 0.25) is 0 Å². The lowest BCUT2D eigenvalue weighted by molar-refractivity contribution is 0.0238. The van der Waals surface area contributed by atoms with Crippen LogP contribution in [0.2, 0.25) is 0 Å². The number of anilines is 1. The van der Waals surface area contributed by atoms with Gasteiger partial charge in [0, 0.05) is 13.1 Å². The molecule has 0 fully saturated rings. The number of rotatable bonds is 6. The predicted octanol–water partition coefficient (Wildman–Crippen LogP) is 5.80. The lowest BCUT2D eigenvalue weighted by atomic mass is 10.2. The van der Waals surface area contributed by atoms with E-state index in [1.807, 2.05) is 58.0 Å². The summed E-state index contributed by atoms with van der Waals surface area (Å²) < 4.78 is 15.0. The third-order valence-electron chi connectivity index (χ3n) is 5.29. The van der Waals surface area contributed by atoms with Gasteiger partial charge >= 0.3 is 6.09 Å². The van der Waals surface area contributed by atoms with Crippen molar-refractivity contribution in [3.63, 3.8) is 0 Å². The van der Waals surface area contributed by atoms with Crippen LogP contribution in [-0.4, -0.2) is 44.8 Å². The summed E-state index contributed by atoms with van der Waals surface area (Å²) in [5.74, 6) is 1.87. The van der Waals surface area contributed by atoms with Gasteiger partial charge in [-0.3, -0.25) is 0 Å². The van der Waals surface area contributed by atoms with Crippen molar-refractivity contribution >= 4 is 60.4 Å². The highest BCUT2D eigenvalue weighted by Gasteiger charge is 2.25. The van der Waals surface area contributed by atoms with Crippen molar-refractivity contribution in [2.45, 2.75) is 46.4 Å². The molecule has 3 heterocycles. The van der Waals surface area contributed by atoms with Crippen molar-refractivity contribution in [1.29, 1.82) is 0 Å². The Labute approximate surface area is 210 Å². The molecule has 4 rings (SSSR count). The number of carbonyl (C=O) groups is 1. The Morgan fingerprint density at radius 3 is 2.56 bits per heavy atom. The summed E-state index contributed by atoms with van der Waals surface area (Å²) in [5.41, 5.74) is 9.16. The Morgan fingerprint density at radius 1 is 1.24 bits per heavy atom. The third kappa shape index (κ3) is 4.97. The maximum atomic E-state index is 12.8. The number of pyridine rings is 1. The van der Waals surface area contributed by atoms with Crippen LogP contribution in [0, 0.1) is 0 Å². The molecule has 0 aliphatic heterocycles. The molecule has 0 aliphatic rings. The van der Waals surface area contributed by atoms with E-state index in [4.69, 9.17) is 20.2 Å². The first-order chi connectivity index (χ1) is 16.1. The van der Waals surface area contributed by atoms with Crippen LogP contribution < -0.4 is 10.5 Å². The SMILES string of the molecule is CCN(Cc1nc2c(N)nc3cc(Br)sc3c2n1Cc1ccc(OC)cc1)C(=O)OC(C)(C)C. The number of carbonyl (C=O) groups excluding carboxylic acids is 1. The quantitative estimate of drug-likeness (QED) is 0.328. The highest BCUT2D eigenvalue weighted by molar-refractivity contribution is 9.11. The number of fused-ring (bicyclic) bond motifs is 3. The number of nitrogens with two attached hydrogens (primary N) is 1. The average molecular weight is 546 g/mol. The fourth-order valence-electron chi connectivity index (χ4n) is 3.70. The number of amides is 1. The first kappa shape index (κ1) is 24.3. The summed E-state index contributed by atoms with van der Waals surface area (Å²) >= 11 is 5.16. The molecule has 0 radical (unpaired) electrons. The number of halogens is 1. The fourth-order valence-corrected chi connectivity index (χ4v) is 5.28. The van der Waals surface area contributed by atoms with Gasteiger partial charge in [-0.2, -0.15) is 0 Å². The first-order valence-electron chi connectivity index (χ1n) is 10.9. The molecule has 0 unspecified atom stereocenters. The van der Waals surface area contributed by atoms with Crippen LogP contribution in [0.5, 0.6) is 5.75 Å². The molecule has 4 aromatic rings. The molecule has 0 saturated carbocycles. The summed E-state index contributed by atoms with van der Waals surface area (Å²) in [6.07, 6.45) is -0.381. The number of benzene rings is 1. The van der Waals surface area contributed by atoms with Crippen molar-refractivity contribution in [3.05, 3.63) is 45.5 Å². The predicted molar refractivity (Wildman–Crippen MR) is 139 cm³/mol. The first-order valence-corrected chi connectivity index (χ1v) is 12.5. The number of thiophene rings is 1. The van der Waals surface area contributed by atoms with Gasteiger partial charge in [-0.05, 0) is 67.4 Å². The number of hydrogen-bond donors (Lipinski definition) is 1. The number of hydrogen-bond acceptors (Lipinski definition) is 7. The molecule has 10 heteroatoms. The molecule has 180 valence electrons. The smallest absolute Gasteiger partial charge is 0.410 e. The second kappa shape index (κ2) is 9.42. The number of imidazole rings is 1. The number of ether oxygens (including phenoxy) is 2. The van der Waals surface area contributed by atoms with Gasteiger partial charge in [0.15, 0.2) is 5.82 Å². The normalized spacial score (nSPS) is 11.8. The van der Waals surface area contributed by atoms with Crippen molar-refractivity contribution in [3.8, 4) is 5.75 Å². The zero-order valence-corrected chi connectivity index (χ0v) is 22.3. The zero-order chi connectivity index (χ0) is 24.6. The molecule has 0 spiro atoms. The minimum atomic E-state index is -0.586. The lowest BCUT2D eigenvalue weighted by Gasteiger charge is -2.26. The van der Waals surface area contributed by atoms with Gasteiger partial charge < -0.3 is 24.7 Å². The number of aromatic nitrogens is 3. The van der Waals surface area contributed by atoms with Crippen LogP contribution in [0.1, 0.15) is 39.1 Å². The monoisotopic (exact) mass is 545 g/mol. The zero-order valence-electron chi connectivity index (χ0n) is 19.9. The maximum Gasteiger partial charge on any atom is 0.410 e. The highest BCUT2D eigenvalue weighted by Crippen LogP contribution is 2.37. The summed E-state index contributed by atoms with van der Waals surface area (Å²) in [6.45, 7) is 8.80. The molecule has 2 N–H and O–H groups in total. The Hall–Kier alpha value is -2.85. The Kier molecular flexibility index (Phi) is 6.73. The average Bonchev–Trinajstić information content (AvgIpc) is 3.31. The summed E-state index contributed by atoms with van der Waals surface area (Å²) in [5, 5.41) is 0. The van der Waals surface area contributed by atoms with Gasteiger partial charge in [0.1, 0.15) is 22.7 Å². The largest absolute Gasteiger partial charge is 0.497 e. The third-order valence-corrected chi connectivity index (χ3v) is 6.93. The molecule has 0 bridgehead atoms. The molecule has 1 amide bonds. The van der Waals surface area contributed by atoms with E-state index in [-0.39, 0.29) is 12.6 Å². The minimum absolute atomic E-state index is 0.281. The number of nitrogen functional groups attached to an aromatic ring is 1. The van der Waals surface area contributed by atoms with E-state index < -0.39 is 5.60 Å². The Balaban J connectivity index is 1.84. The molecule has 1 aromatic carbocycles. The summed E-state index contributed by atoms with van der Waals surface area (Å²) in [7, 11) is 1.65. The fraction of sp³-hybridized carbons (Fsp3) is 0.375. The summed E-state index contributed by atoms with van der Waals surface area (Å²) in [6, 6.07) is 9.86. The molecule has 0 atom stereocenters. The maximum absolute atomic E-state index is 12.8. The second-order valence-electron chi connectivity index (χ2n) is 8.92. The highest BCUT2D eigenvalue weighted by atomic mass is 79.9. The van der Waals surface area contributed by atoms with Crippen molar-refractivity contribution in [1.82, 2.24) is 19.4 Å². The molecule has 8 nitrogen and oxygen atoms in total. The van der Waals surface area contributed by atoms with Gasteiger partial charge in [-0.25, -0.2) is 14.8 Å². The van der Waals surface area contributed by atoms with Crippen LogP contribution in [0.4, 0.5) is 10.6 Å². The van der Waals surface area contributed by atoms with E-state index in [0.717, 1.165) is 30.8 Å². The molecule has 0 aliphatic carbocycles. The van der Waals surface area contributed by atoms with Crippen molar-refractivity contribution in [2.75, 3.05) is 19.4 Å². The van der Waals surface area contributed by atoms with E-state index in [9.17, 15) is 4.79 Å². The van der Waals surface area contributed by atoms with E-state index in [1.54, 1.807) is 23.3 Å². The second-order valence-corrected chi connectivity index (χ2v) is 11.3. The Bertz CT molecular complexity index is 1340. The van der Waals surface area contributed by atoms with Gasteiger partial charge in [-0.1, -0.05) is 12.1 Å². The number of nitrogens with zero attached hydrogens (tertiary/aromatic N) is 4. The topological polar surface area (TPSA) is 95.5 Å². The van der Waals surface area contributed by atoms with Gasteiger partial charge in [0.05, 0.1) is 33.2 Å². The molecule has 0 saturated heterocycles. The van der Waals surface area contributed by atoms with E-state index in [2.05, 4.69) is 25.5 Å². The van der Waals surface area contributed by atoms with Crippen LogP contribution in [0.3, 0.4) is 0 Å². The molecule has 3 aromatic heterocycles. The standard InChI is InChI=1S/C24H28BrN5O3S/c1-6-29(23(31)33-24(2,3)4)13-18-28-19-20(21-16(27-22(19)26)11-17(25)34-21)30(18)12-14-7-9-15(32-5)10-8-14/h7-11H,6,12-13H2,1-5H3,(H2,26,27). The molecular formula is C24H28BrN5O3S. The lowest BCUT2D eigenvalue weighted by Crippen LogP contribution is -2.37. The minimum Gasteiger partial charge on any atom is -0.497 e. The molecule has 34 heavy (non-hydrogen) atoms. The van der Waals surface area contributed by atoms with Crippen LogP contribution in [0.25, 0.3) is 21.3 Å². The Morgan fingerprint density at radius 2 is 1.94 bits per heavy atom. The summed E-state index contributed by atoms with van der Waals surface area (Å²) in [4.78, 5) is 23.9. The van der Waals surface area contributed by atoms with E-state index in [1.165, 1.54) is 0 Å². The van der Waals surface area contributed by atoms with Crippen molar-refractivity contribution in [2.24, 2.45) is 0 Å². The van der Waals surface area contributed by atoms with Gasteiger partial charge in [0.25, 0.3) is 0 Å².